The van der Waals surface area contributed by atoms with Crippen LogP contribution >= 0.6 is 0 Å². The molecule has 10 nitrogen and oxygen atoms in total. The molecule has 1 fully saturated rings. The van der Waals surface area contributed by atoms with Gasteiger partial charge in [0.25, 0.3) is 11.8 Å². The smallest absolute Gasteiger partial charge is 0.264 e. The predicted molar refractivity (Wildman–Crippen MR) is 209 cm³/mol. The molecule has 0 aromatic heterocycles. The molecule has 4 aromatic carbocycles. The molecule has 6 rings (SSSR count). The van der Waals surface area contributed by atoms with Gasteiger partial charge < -0.3 is 34.4 Å². The first kappa shape index (κ1) is 38.3. The zero-order valence-corrected chi connectivity index (χ0v) is 31.6. The molecule has 0 bridgehead atoms. The van der Waals surface area contributed by atoms with Crippen molar-refractivity contribution in [3.8, 4) is 11.5 Å². The Hall–Kier alpha value is -5.45. The summed E-state index contributed by atoms with van der Waals surface area (Å²) in [5.41, 5.74) is 2.11. The number of hydrogen-bond acceptors (Lipinski definition) is 7. The first-order valence-electron chi connectivity index (χ1n) is 18.3. The summed E-state index contributed by atoms with van der Waals surface area (Å²) in [7, 11) is 3.19. The van der Waals surface area contributed by atoms with Crippen molar-refractivity contribution < 1.29 is 33.7 Å². The van der Waals surface area contributed by atoms with Gasteiger partial charge in [0.05, 0.1) is 39.0 Å². The highest BCUT2D eigenvalue weighted by atomic mass is 16.5. The molecule has 0 radical (unpaired) electrons. The highest BCUT2D eigenvalue weighted by Gasteiger charge is 2.66. The minimum Gasteiger partial charge on any atom is -0.497 e. The third-order valence-electron chi connectivity index (χ3n) is 11.1. The molecule has 2 heterocycles. The van der Waals surface area contributed by atoms with Crippen molar-refractivity contribution in [3.05, 3.63) is 132 Å². The Bertz CT molecular complexity index is 1980. The van der Waals surface area contributed by atoms with Gasteiger partial charge in [-0.2, -0.15) is 0 Å². The summed E-state index contributed by atoms with van der Waals surface area (Å²) in [4.78, 5) is 45.9. The van der Waals surface area contributed by atoms with Crippen LogP contribution in [0.1, 0.15) is 54.2 Å². The summed E-state index contributed by atoms with van der Waals surface area (Å²) in [5.74, 6) is -0.153. The average molecular weight is 732 g/mol. The second kappa shape index (κ2) is 15.9. The minimum atomic E-state index is -1.47. The monoisotopic (exact) mass is 731 g/mol. The maximum Gasteiger partial charge on any atom is 0.264 e. The van der Waals surface area contributed by atoms with Crippen molar-refractivity contribution in [2.45, 2.75) is 50.9 Å². The molecular formula is C44H49N3O7. The zero-order valence-electron chi connectivity index (χ0n) is 31.6. The second-order valence-electron chi connectivity index (χ2n) is 14.5. The van der Waals surface area contributed by atoms with E-state index < -0.39 is 23.0 Å². The highest BCUT2D eigenvalue weighted by Crippen LogP contribution is 2.60. The number of nitrogens with one attached hydrogen (secondary N) is 1. The van der Waals surface area contributed by atoms with Crippen molar-refractivity contribution in [1.29, 1.82) is 0 Å². The van der Waals surface area contributed by atoms with E-state index in [1.165, 1.54) is 0 Å². The fourth-order valence-electron chi connectivity index (χ4n) is 8.36. The van der Waals surface area contributed by atoms with Gasteiger partial charge in [-0.15, -0.1) is 6.58 Å². The summed E-state index contributed by atoms with van der Waals surface area (Å²) in [6, 6.07) is 29.8. The number of nitrogens with zero attached hydrogens (tertiary/aromatic N) is 2. The van der Waals surface area contributed by atoms with Crippen LogP contribution in [0.5, 0.6) is 11.5 Å². The zero-order chi connectivity index (χ0) is 38.6. The summed E-state index contributed by atoms with van der Waals surface area (Å²) in [6.07, 6.45) is 0.969. The van der Waals surface area contributed by atoms with Gasteiger partial charge in [-0.1, -0.05) is 69.3 Å². The molecular weight excluding hydrogens is 682 g/mol. The van der Waals surface area contributed by atoms with E-state index in [9.17, 15) is 19.5 Å². The summed E-state index contributed by atoms with van der Waals surface area (Å²) in [5, 5.41) is 13.0. The van der Waals surface area contributed by atoms with Gasteiger partial charge in [-0.25, -0.2) is 0 Å². The Morgan fingerprint density at radius 1 is 0.981 bits per heavy atom. The lowest BCUT2D eigenvalue weighted by molar-refractivity contribution is -0.150. The van der Waals surface area contributed by atoms with Crippen LogP contribution in [0.25, 0.3) is 0 Å². The predicted octanol–water partition coefficient (Wildman–Crippen LogP) is 6.72. The normalized spacial score (nSPS) is 20.4. The van der Waals surface area contributed by atoms with E-state index in [4.69, 9.17) is 14.2 Å². The van der Waals surface area contributed by atoms with Crippen LogP contribution in [-0.2, 0) is 31.9 Å². The van der Waals surface area contributed by atoms with Crippen molar-refractivity contribution in [2.24, 2.45) is 11.8 Å². The molecule has 282 valence electrons. The van der Waals surface area contributed by atoms with Crippen molar-refractivity contribution >= 4 is 29.1 Å². The van der Waals surface area contributed by atoms with Crippen molar-refractivity contribution in [1.82, 2.24) is 4.90 Å². The largest absolute Gasteiger partial charge is 0.497 e. The van der Waals surface area contributed by atoms with Gasteiger partial charge in [-0.05, 0) is 71.1 Å². The number of aliphatic hydroxyl groups excluding tert-OH is 1. The van der Waals surface area contributed by atoms with Gasteiger partial charge in [0.15, 0.2) is 5.60 Å². The number of rotatable bonds is 14. The number of hydrogen-bond donors (Lipinski definition) is 2. The maximum atomic E-state index is 14.9. The van der Waals surface area contributed by atoms with E-state index in [0.717, 1.165) is 16.9 Å². The van der Waals surface area contributed by atoms with E-state index in [-0.39, 0.29) is 49.8 Å². The number of carbonyl (C=O) groups is 3. The molecule has 4 aromatic rings. The Kier molecular flexibility index (Phi) is 11.3. The van der Waals surface area contributed by atoms with E-state index >= 15 is 0 Å². The van der Waals surface area contributed by atoms with Crippen LogP contribution in [0.2, 0.25) is 0 Å². The van der Waals surface area contributed by atoms with Crippen LogP contribution in [-0.4, -0.2) is 67.7 Å². The molecule has 10 heteroatoms. The number of carbonyl (C=O) groups excluding carboxylic acids is 3. The van der Waals surface area contributed by atoms with Gasteiger partial charge in [-0.3, -0.25) is 14.4 Å². The Morgan fingerprint density at radius 2 is 1.63 bits per heavy atom. The van der Waals surface area contributed by atoms with Crippen LogP contribution in [0.3, 0.4) is 0 Å². The number of methoxy groups -OCH3 is 2. The number of amides is 3. The molecule has 4 atom stereocenters. The van der Waals surface area contributed by atoms with E-state index in [2.05, 4.69) is 25.7 Å². The summed E-state index contributed by atoms with van der Waals surface area (Å²) < 4.78 is 17.8. The first-order chi connectivity index (χ1) is 26.0. The standard InChI is InChI=1S/C44H49N3O7/c1-7-23-47-37-22-17-33(45-41(50)31-13-18-34(52-5)19-14-31)26-36(37)44(42(47)51)29(2)40(43(3,4)32-15-20-35(53-6)21-16-32)38(54-44)27-39(49)46(24-25-48)28-30-11-9-8-10-12-30/h7-22,26,29,38,40,48H,1,23-25,27-28H2,2-6H3,(H,45,50)/t29-,38+,40-,44+/m0/s1. The molecule has 1 saturated heterocycles. The quantitative estimate of drug-likeness (QED) is 0.138. The van der Waals surface area contributed by atoms with Crippen molar-refractivity contribution in [3.63, 3.8) is 0 Å². The van der Waals surface area contributed by atoms with E-state index in [1.54, 1.807) is 60.4 Å². The van der Waals surface area contributed by atoms with Crippen molar-refractivity contribution in [2.75, 3.05) is 44.1 Å². The average Bonchev–Trinajstić information content (AvgIpc) is 3.60. The van der Waals surface area contributed by atoms with Gasteiger partial charge >= 0.3 is 0 Å². The van der Waals surface area contributed by atoms with E-state index in [0.29, 0.717) is 34.8 Å². The molecule has 2 aliphatic rings. The molecule has 1 spiro atoms. The number of ether oxygens (including phenoxy) is 3. The number of benzene rings is 4. The lowest BCUT2D eigenvalue weighted by atomic mass is 9.63. The summed E-state index contributed by atoms with van der Waals surface area (Å²) >= 11 is 0. The first-order valence-corrected chi connectivity index (χ1v) is 18.3. The Morgan fingerprint density at radius 3 is 2.24 bits per heavy atom. The third kappa shape index (κ3) is 7.11. The molecule has 0 unspecified atom stereocenters. The van der Waals surface area contributed by atoms with E-state index in [1.807, 2.05) is 73.7 Å². The highest BCUT2D eigenvalue weighted by molar-refractivity contribution is 6.09. The van der Waals surface area contributed by atoms with Gasteiger partial charge in [0, 0.05) is 48.3 Å². The molecule has 2 aliphatic heterocycles. The van der Waals surface area contributed by atoms with Crippen LogP contribution in [0, 0.1) is 11.8 Å². The minimum absolute atomic E-state index is 0.0128. The number of fused-ring (bicyclic) bond motifs is 2. The number of aliphatic hydroxyl groups is 1. The van der Waals surface area contributed by atoms with Gasteiger partial charge in [0.1, 0.15) is 11.5 Å². The lowest BCUT2D eigenvalue weighted by Crippen LogP contribution is -2.46. The topological polar surface area (TPSA) is 118 Å². The lowest BCUT2D eigenvalue weighted by Gasteiger charge is -2.39. The SMILES string of the molecule is C=CCN1C(=O)[C@]2(O[C@H](CC(=O)N(CCO)Cc3ccccc3)[C@@H](C(C)(C)c3ccc(OC)cc3)[C@@H]2C)c2cc(NC(=O)c3ccc(OC)cc3)ccc21. The summed E-state index contributed by atoms with van der Waals surface area (Å²) in [6.45, 7) is 10.7. The number of anilines is 2. The fourth-order valence-corrected chi connectivity index (χ4v) is 8.36. The Balaban J connectivity index is 1.42. The molecule has 0 saturated carbocycles. The molecule has 2 N–H and O–H groups in total. The molecule has 0 aliphatic carbocycles. The fraction of sp³-hybridized carbons (Fsp3) is 0.341. The van der Waals surface area contributed by atoms with Gasteiger partial charge in [0.2, 0.25) is 5.91 Å². The maximum absolute atomic E-state index is 14.9. The van der Waals surface area contributed by atoms with Crippen LogP contribution < -0.4 is 19.7 Å². The third-order valence-corrected chi connectivity index (χ3v) is 11.1. The van der Waals surface area contributed by atoms with Crippen LogP contribution in [0.15, 0.2) is 110 Å². The Labute approximate surface area is 317 Å². The molecule has 54 heavy (non-hydrogen) atoms. The van der Waals surface area contributed by atoms with Crippen LogP contribution in [0.4, 0.5) is 11.4 Å². The molecule has 3 amide bonds. The second-order valence-corrected chi connectivity index (χ2v) is 14.5.